The fourth-order valence-electron chi connectivity index (χ4n) is 3.39. The van der Waals surface area contributed by atoms with Crippen molar-refractivity contribution in [2.75, 3.05) is 12.4 Å². The molecule has 0 fully saturated rings. The van der Waals surface area contributed by atoms with Gasteiger partial charge in [-0.05, 0) is 35.4 Å². The van der Waals surface area contributed by atoms with Crippen molar-refractivity contribution in [3.05, 3.63) is 89.6 Å². The SMILES string of the molecule is COc1cccc(C(=O)Nc2ccn(Cc3cccc4ccccc34)n2)c1C. The Kier molecular flexibility index (Phi) is 4.81. The van der Waals surface area contributed by atoms with E-state index in [9.17, 15) is 4.79 Å². The van der Waals surface area contributed by atoms with Gasteiger partial charge in [0.15, 0.2) is 5.82 Å². The Hall–Kier alpha value is -3.60. The number of hydrogen-bond acceptors (Lipinski definition) is 3. The van der Waals surface area contributed by atoms with Crippen LogP contribution in [0.15, 0.2) is 72.9 Å². The number of carbonyl (C=O) groups is 1. The van der Waals surface area contributed by atoms with Crippen LogP contribution in [0.3, 0.4) is 0 Å². The first-order valence-electron chi connectivity index (χ1n) is 9.11. The lowest BCUT2D eigenvalue weighted by Crippen LogP contribution is -2.14. The van der Waals surface area contributed by atoms with E-state index in [1.54, 1.807) is 25.3 Å². The Labute approximate surface area is 163 Å². The zero-order chi connectivity index (χ0) is 19.5. The molecule has 1 heterocycles. The summed E-state index contributed by atoms with van der Waals surface area (Å²) in [5.74, 6) is 1.01. The van der Waals surface area contributed by atoms with E-state index in [0.717, 1.165) is 5.56 Å². The molecule has 3 aromatic carbocycles. The highest BCUT2D eigenvalue weighted by Crippen LogP contribution is 2.22. The van der Waals surface area contributed by atoms with Gasteiger partial charge in [0.25, 0.3) is 5.91 Å². The highest BCUT2D eigenvalue weighted by Gasteiger charge is 2.13. The van der Waals surface area contributed by atoms with Crippen LogP contribution in [-0.2, 0) is 6.54 Å². The van der Waals surface area contributed by atoms with Gasteiger partial charge in [-0.1, -0.05) is 48.5 Å². The summed E-state index contributed by atoms with van der Waals surface area (Å²) in [6, 6.07) is 21.8. The van der Waals surface area contributed by atoms with Crippen LogP contribution in [0.1, 0.15) is 21.5 Å². The fourth-order valence-corrected chi connectivity index (χ4v) is 3.39. The summed E-state index contributed by atoms with van der Waals surface area (Å²) < 4.78 is 7.12. The van der Waals surface area contributed by atoms with E-state index in [1.807, 2.05) is 36.0 Å². The molecule has 4 rings (SSSR count). The van der Waals surface area contributed by atoms with E-state index >= 15 is 0 Å². The second-order valence-corrected chi connectivity index (χ2v) is 6.62. The van der Waals surface area contributed by atoms with Gasteiger partial charge in [-0.25, -0.2) is 0 Å². The zero-order valence-corrected chi connectivity index (χ0v) is 15.8. The van der Waals surface area contributed by atoms with Gasteiger partial charge in [0, 0.05) is 23.4 Å². The van der Waals surface area contributed by atoms with Crippen molar-refractivity contribution in [3.63, 3.8) is 0 Å². The maximum atomic E-state index is 12.6. The van der Waals surface area contributed by atoms with Crippen LogP contribution < -0.4 is 10.1 Å². The molecule has 1 aromatic heterocycles. The van der Waals surface area contributed by atoms with E-state index in [4.69, 9.17) is 4.74 Å². The van der Waals surface area contributed by atoms with Crippen molar-refractivity contribution in [2.45, 2.75) is 13.5 Å². The minimum absolute atomic E-state index is 0.202. The first-order valence-corrected chi connectivity index (χ1v) is 9.11. The van der Waals surface area contributed by atoms with E-state index in [2.05, 4.69) is 40.7 Å². The van der Waals surface area contributed by atoms with Crippen LogP contribution in [0.2, 0.25) is 0 Å². The molecule has 0 aliphatic heterocycles. The maximum absolute atomic E-state index is 12.6. The molecule has 0 saturated heterocycles. The number of benzene rings is 3. The topological polar surface area (TPSA) is 56.1 Å². The first-order chi connectivity index (χ1) is 13.7. The van der Waals surface area contributed by atoms with Crippen LogP contribution in [0.5, 0.6) is 5.75 Å². The minimum Gasteiger partial charge on any atom is -0.496 e. The molecule has 4 aromatic rings. The van der Waals surface area contributed by atoms with E-state index < -0.39 is 0 Å². The van der Waals surface area contributed by atoms with E-state index in [1.165, 1.54) is 16.3 Å². The third-order valence-corrected chi connectivity index (χ3v) is 4.84. The lowest BCUT2D eigenvalue weighted by atomic mass is 10.0. The van der Waals surface area contributed by atoms with Gasteiger partial charge in [-0.3, -0.25) is 9.48 Å². The van der Waals surface area contributed by atoms with Crippen LogP contribution in [0.4, 0.5) is 5.82 Å². The van der Waals surface area contributed by atoms with E-state index in [-0.39, 0.29) is 5.91 Å². The van der Waals surface area contributed by atoms with Gasteiger partial charge >= 0.3 is 0 Å². The third kappa shape index (κ3) is 3.47. The van der Waals surface area contributed by atoms with Crippen LogP contribution >= 0.6 is 0 Å². The number of rotatable bonds is 5. The molecule has 0 saturated carbocycles. The Balaban J connectivity index is 1.53. The van der Waals surface area contributed by atoms with Gasteiger partial charge in [0.05, 0.1) is 13.7 Å². The standard InChI is InChI=1S/C23H21N3O2/c1-16-19(11-6-12-21(16)28-2)23(27)24-22-13-14-26(25-22)15-18-9-5-8-17-7-3-4-10-20(17)18/h3-14H,15H2,1-2H3,(H,24,25,27). The third-order valence-electron chi connectivity index (χ3n) is 4.84. The molecule has 0 aliphatic rings. The highest BCUT2D eigenvalue weighted by atomic mass is 16.5. The molecule has 0 bridgehead atoms. The number of amides is 1. The molecule has 5 heteroatoms. The molecule has 0 unspecified atom stereocenters. The summed E-state index contributed by atoms with van der Waals surface area (Å²) in [7, 11) is 1.60. The number of carbonyl (C=O) groups excluding carboxylic acids is 1. The molecule has 1 N–H and O–H groups in total. The largest absolute Gasteiger partial charge is 0.496 e. The zero-order valence-electron chi connectivity index (χ0n) is 15.8. The van der Waals surface area contributed by atoms with Gasteiger partial charge < -0.3 is 10.1 Å². The quantitative estimate of drug-likeness (QED) is 0.555. The molecule has 140 valence electrons. The van der Waals surface area contributed by atoms with Crippen LogP contribution in [-0.4, -0.2) is 22.8 Å². The average molecular weight is 371 g/mol. The molecule has 1 amide bonds. The van der Waals surface area contributed by atoms with Crippen molar-refractivity contribution >= 4 is 22.5 Å². The molecule has 28 heavy (non-hydrogen) atoms. The Bertz CT molecular complexity index is 1140. The normalized spacial score (nSPS) is 10.8. The number of hydrogen-bond donors (Lipinski definition) is 1. The molecular weight excluding hydrogens is 350 g/mol. The van der Waals surface area contributed by atoms with Crippen molar-refractivity contribution in [1.29, 1.82) is 0 Å². The van der Waals surface area contributed by atoms with Gasteiger partial charge in [0.1, 0.15) is 5.75 Å². The number of ether oxygens (including phenoxy) is 1. The summed E-state index contributed by atoms with van der Waals surface area (Å²) in [5, 5.41) is 9.78. The van der Waals surface area contributed by atoms with Gasteiger partial charge in [0.2, 0.25) is 0 Å². The molecule has 0 aliphatic carbocycles. The Morgan fingerprint density at radius 1 is 1.04 bits per heavy atom. The lowest BCUT2D eigenvalue weighted by molar-refractivity contribution is 0.102. The lowest BCUT2D eigenvalue weighted by Gasteiger charge is -2.09. The first kappa shape index (κ1) is 17.8. The maximum Gasteiger partial charge on any atom is 0.257 e. The van der Waals surface area contributed by atoms with Crippen molar-refractivity contribution in [1.82, 2.24) is 9.78 Å². The van der Waals surface area contributed by atoms with Gasteiger partial charge in [-0.15, -0.1) is 0 Å². The Morgan fingerprint density at radius 3 is 2.68 bits per heavy atom. The van der Waals surface area contributed by atoms with E-state index in [0.29, 0.717) is 23.7 Å². The summed E-state index contributed by atoms with van der Waals surface area (Å²) in [6.07, 6.45) is 1.87. The highest BCUT2D eigenvalue weighted by molar-refractivity contribution is 6.05. The van der Waals surface area contributed by atoms with Crippen molar-refractivity contribution < 1.29 is 9.53 Å². The molecule has 0 radical (unpaired) electrons. The van der Waals surface area contributed by atoms with Crippen LogP contribution in [0, 0.1) is 6.92 Å². The summed E-state index contributed by atoms with van der Waals surface area (Å²) in [6.45, 7) is 2.50. The number of fused-ring (bicyclic) bond motifs is 1. The fraction of sp³-hybridized carbons (Fsp3) is 0.130. The molecule has 5 nitrogen and oxygen atoms in total. The van der Waals surface area contributed by atoms with Gasteiger partial charge in [-0.2, -0.15) is 5.10 Å². The number of nitrogens with one attached hydrogen (secondary N) is 1. The van der Waals surface area contributed by atoms with Crippen molar-refractivity contribution in [2.24, 2.45) is 0 Å². The summed E-state index contributed by atoms with van der Waals surface area (Å²) in [5.41, 5.74) is 2.56. The minimum atomic E-state index is -0.202. The summed E-state index contributed by atoms with van der Waals surface area (Å²) in [4.78, 5) is 12.6. The Morgan fingerprint density at radius 2 is 1.82 bits per heavy atom. The number of aromatic nitrogens is 2. The molecule has 0 atom stereocenters. The number of methoxy groups -OCH3 is 1. The summed E-state index contributed by atoms with van der Waals surface area (Å²) >= 11 is 0. The predicted molar refractivity (Wildman–Crippen MR) is 111 cm³/mol. The number of nitrogens with zero attached hydrogens (tertiary/aromatic N) is 2. The molecule has 0 spiro atoms. The second kappa shape index (κ2) is 7.56. The van der Waals surface area contributed by atoms with Crippen LogP contribution in [0.25, 0.3) is 10.8 Å². The molecular formula is C23H21N3O2. The number of anilines is 1. The predicted octanol–water partition coefficient (Wildman–Crippen LogP) is 4.65. The smallest absolute Gasteiger partial charge is 0.257 e. The average Bonchev–Trinajstić information content (AvgIpc) is 3.15. The monoisotopic (exact) mass is 371 g/mol. The second-order valence-electron chi connectivity index (χ2n) is 6.62. The van der Waals surface area contributed by atoms with Crippen molar-refractivity contribution in [3.8, 4) is 5.75 Å².